The Bertz CT molecular complexity index is 716. The van der Waals surface area contributed by atoms with Crippen LogP contribution in [-0.2, 0) is 4.79 Å². The fourth-order valence-electron chi connectivity index (χ4n) is 2.72. The average Bonchev–Trinajstić information content (AvgIpc) is 3.00. The number of amides is 2. The third kappa shape index (κ3) is 3.05. The average molecular weight is 314 g/mol. The second kappa shape index (κ2) is 6.15. The van der Waals surface area contributed by atoms with Crippen molar-refractivity contribution < 1.29 is 9.59 Å². The number of aryl methyl sites for hydroxylation is 1. The summed E-state index contributed by atoms with van der Waals surface area (Å²) in [6.45, 7) is 2.89. The first-order valence-electron chi connectivity index (χ1n) is 7.49. The molecule has 3 rings (SSSR count). The van der Waals surface area contributed by atoms with Gasteiger partial charge >= 0.3 is 0 Å². The molecule has 0 atom stereocenters. The van der Waals surface area contributed by atoms with Crippen LogP contribution in [0.5, 0.6) is 0 Å². The van der Waals surface area contributed by atoms with Crippen molar-refractivity contribution in [3.05, 3.63) is 36.0 Å². The van der Waals surface area contributed by atoms with Crippen molar-refractivity contribution in [2.24, 2.45) is 11.7 Å². The van der Waals surface area contributed by atoms with Crippen LogP contribution in [0.2, 0.25) is 0 Å². The summed E-state index contributed by atoms with van der Waals surface area (Å²) in [5.74, 6) is 0.805. The maximum absolute atomic E-state index is 12.4. The van der Waals surface area contributed by atoms with E-state index >= 15 is 0 Å². The number of aromatic nitrogens is 4. The van der Waals surface area contributed by atoms with E-state index in [1.807, 2.05) is 6.92 Å². The highest BCUT2D eigenvalue weighted by atomic mass is 16.2. The van der Waals surface area contributed by atoms with Gasteiger partial charge in [0.1, 0.15) is 5.82 Å². The number of likely N-dealkylation sites (tertiary alicyclic amines) is 1. The zero-order valence-electron chi connectivity index (χ0n) is 12.8. The van der Waals surface area contributed by atoms with Crippen LogP contribution in [0.25, 0.3) is 5.82 Å². The van der Waals surface area contributed by atoms with E-state index in [9.17, 15) is 9.59 Å². The normalized spacial score (nSPS) is 15.6. The summed E-state index contributed by atoms with van der Waals surface area (Å²) in [6, 6.07) is 3.40. The number of carbonyl (C=O) groups is 2. The summed E-state index contributed by atoms with van der Waals surface area (Å²) >= 11 is 0. The molecule has 0 spiro atoms. The maximum Gasteiger partial charge on any atom is 0.274 e. The van der Waals surface area contributed by atoms with Crippen LogP contribution in [0.15, 0.2) is 24.5 Å². The minimum atomic E-state index is -0.294. The predicted octanol–water partition coefficient (Wildman–Crippen LogP) is 0.308. The number of carbonyl (C=O) groups excluding carboxylic acids is 2. The highest BCUT2D eigenvalue weighted by molar-refractivity contribution is 5.92. The smallest absolute Gasteiger partial charge is 0.274 e. The summed E-state index contributed by atoms with van der Waals surface area (Å²) < 4.78 is 1.79. The molecule has 8 nitrogen and oxygen atoms in total. The minimum Gasteiger partial charge on any atom is -0.369 e. The maximum atomic E-state index is 12.4. The quantitative estimate of drug-likeness (QED) is 0.877. The van der Waals surface area contributed by atoms with Crippen molar-refractivity contribution in [3.8, 4) is 5.82 Å². The molecule has 8 heteroatoms. The Hall–Kier alpha value is -2.77. The monoisotopic (exact) mass is 314 g/mol. The first-order valence-corrected chi connectivity index (χ1v) is 7.49. The number of nitrogens with two attached hydrogens (primary N) is 1. The molecule has 0 radical (unpaired) electrons. The first-order chi connectivity index (χ1) is 11.1. The highest BCUT2D eigenvalue weighted by Gasteiger charge is 2.27. The van der Waals surface area contributed by atoms with Crippen LogP contribution < -0.4 is 5.73 Å². The Kier molecular flexibility index (Phi) is 4.05. The molecule has 2 amide bonds. The van der Waals surface area contributed by atoms with Crippen LogP contribution in [0.3, 0.4) is 0 Å². The second-order valence-corrected chi connectivity index (χ2v) is 5.59. The van der Waals surface area contributed by atoms with Gasteiger partial charge < -0.3 is 10.6 Å². The summed E-state index contributed by atoms with van der Waals surface area (Å²) in [6.07, 6.45) is 4.66. The first kappa shape index (κ1) is 15.1. The van der Waals surface area contributed by atoms with Gasteiger partial charge in [-0.15, -0.1) is 10.2 Å². The van der Waals surface area contributed by atoms with Crippen molar-refractivity contribution >= 4 is 11.8 Å². The third-order valence-electron chi connectivity index (χ3n) is 4.13. The van der Waals surface area contributed by atoms with Gasteiger partial charge in [0, 0.05) is 31.4 Å². The summed E-state index contributed by atoms with van der Waals surface area (Å²) in [5.41, 5.74) is 5.60. The standard InChI is InChI=1S/C15H18N6O2/c1-10-17-6-9-21(10)13-3-2-12(18-19-13)15(23)20-7-4-11(5-8-20)14(16)22/h2-3,6,9,11H,4-5,7-8H2,1H3,(H2,16,22). The minimum absolute atomic E-state index is 0.142. The van der Waals surface area contributed by atoms with E-state index in [4.69, 9.17) is 5.73 Å². The predicted molar refractivity (Wildman–Crippen MR) is 81.7 cm³/mol. The molecular formula is C15H18N6O2. The van der Waals surface area contributed by atoms with Gasteiger partial charge in [-0.1, -0.05) is 0 Å². The van der Waals surface area contributed by atoms with Gasteiger partial charge in [0.2, 0.25) is 5.91 Å². The van der Waals surface area contributed by atoms with Crippen LogP contribution in [0.1, 0.15) is 29.2 Å². The molecule has 1 aliphatic rings. The Morgan fingerprint density at radius 2 is 1.96 bits per heavy atom. The van der Waals surface area contributed by atoms with E-state index in [0.29, 0.717) is 37.4 Å². The lowest BCUT2D eigenvalue weighted by Gasteiger charge is -2.30. The highest BCUT2D eigenvalue weighted by Crippen LogP contribution is 2.18. The Morgan fingerprint density at radius 1 is 1.22 bits per heavy atom. The van der Waals surface area contributed by atoms with Crippen LogP contribution in [-0.4, -0.2) is 49.6 Å². The molecule has 120 valence electrons. The number of hydrogen-bond donors (Lipinski definition) is 1. The summed E-state index contributed by atoms with van der Waals surface area (Å²) in [7, 11) is 0. The number of hydrogen-bond acceptors (Lipinski definition) is 5. The fourth-order valence-corrected chi connectivity index (χ4v) is 2.72. The zero-order valence-corrected chi connectivity index (χ0v) is 12.8. The lowest BCUT2D eigenvalue weighted by Crippen LogP contribution is -2.42. The van der Waals surface area contributed by atoms with Gasteiger partial charge in [-0.25, -0.2) is 4.98 Å². The summed E-state index contributed by atoms with van der Waals surface area (Å²) in [5, 5.41) is 8.12. The molecular weight excluding hydrogens is 296 g/mol. The molecule has 2 aromatic rings. The Balaban J connectivity index is 1.69. The van der Waals surface area contributed by atoms with E-state index in [2.05, 4.69) is 15.2 Å². The number of primary amides is 1. The van der Waals surface area contributed by atoms with Gasteiger partial charge in [0.25, 0.3) is 5.91 Å². The van der Waals surface area contributed by atoms with Crippen LogP contribution in [0, 0.1) is 12.8 Å². The fraction of sp³-hybridized carbons (Fsp3) is 0.400. The molecule has 0 aliphatic carbocycles. The second-order valence-electron chi connectivity index (χ2n) is 5.59. The van der Waals surface area contributed by atoms with Gasteiger partial charge in [-0.3, -0.25) is 14.2 Å². The zero-order chi connectivity index (χ0) is 16.4. The van der Waals surface area contributed by atoms with Crippen LogP contribution in [0.4, 0.5) is 0 Å². The lowest BCUT2D eigenvalue weighted by atomic mass is 9.96. The lowest BCUT2D eigenvalue weighted by molar-refractivity contribution is -0.123. The van der Waals surface area contributed by atoms with Crippen molar-refractivity contribution in [1.82, 2.24) is 24.6 Å². The Morgan fingerprint density at radius 3 is 2.48 bits per heavy atom. The molecule has 1 aliphatic heterocycles. The molecule has 0 aromatic carbocycles. The molecule has 2 aromatic heterocycles. The number of rotatable bonds is 3. The van der Waals surface area contributed by atoms with E-state index < -0.39 is 0 Å². The van der Waals surface area contributed by atoms with Gasteiger partial charge in [-0.2, -0.15) is 0 Å². The molecule has 3 heterocycles. The van der Waals surface area contributed by atoms with Crippen molar-refractivity contribution in [1.29, 1.82) is 0 Å². The van der Waals surface area contributed by atoms with E-state index in [1.165, 1.54) is 0 Å². The van der Waals surface area contributed by atoms with Crippen molar-refractivity contribution in [2.75, 3.05) is 13.1 Å². The molecule has 2 N–H and O–H groups in total. The van der Waals surface area contributed by atoms with Gasteiger partial charge in [0.15, 0.2) is 11.5 Å². The van der Waals surface area contributed by atoms with Gasteiger partial charge in [0.05, 0.1) is 0 Å². The molecule has 1 saturated heterocycles. The topological polar surface area (TPSA) is 107 Å². The summed E-state index contributed by atoms with van der Waals surface area (Å²) in [4.78, 5) is 29.4. The van der Waals surface area contributed by atoms with E-state index in [0.717, 1.165) is 5.82 Å². The van der Waals surface area contributed by atoms with Crippen LogP contribution >= 0.6 is 0 Å². The molecule has 23 heavy (non-hydrogen) atoms. The largest absolute Gasteiger partial charge is 0.369 e. The third-order valence-corrected chi connectivity index (χ3v) is 4.13. The van der Waals surface area contributed by atoms with E-state index in [-0.39, 0.29) is 17.7 Å². The SMILES string of the molecule is Cc1nccn1-c1ccc(C(=O)N2CCC(C(N)=O)CC2)nn1. The van der Waals surface area contributed by atoms with Crippen molar-refractivity contribution in [3.63, 3.8) is 0 Å². The molecule has 1 fully saturated rings. The molecule has 0 saturated carbocycles. The van der Waals surface area contributed by atoms with E-state index in [1.54, 1.807) is 34.0 Å². The van der Waals surface area contributed by atoms with Crippen molar-refractivity contribution in [2.45, 2.75) is 19.8 Å². The number of nitrogens with zero attached hydrogens (tertiary/aromatic N) is 5. The number of imidazole rings is 1. The number of piperidine rings is 1. The Labute approximate surface area is 133 Å². The van der Waals surface area contributed by atoms with Gasteiger partial charge in [-0.05, 0) is 31.9 Å². The molecule has 0 bridgehead atoms. The molecule has 0 unspecified atom stereocenters.